The topological polar surface area (TPSA) is 49.9 Å². The van der Waals surface area contributed by atoms with Crippen molar-refractivity contribution in [2.45, 2.75) is 44.4 Å². The van der Waals surface area contributed by atoms with E-state index in [2.05, 4.69) is 11.0 Å². The summed E-state index contributed by atoms with van der Waals surface area (Å²) in [4.78, 5) is 21.5. The molecule has 0 spiro atoms. The van der Waals surface area contributed by atoms with Crippen LogP contribution in [0, 0.1) is 19.3 Å². The van der Waals surface area contributed by atoms with E-state index in [1.807, 2.05) is 71.0 Å². The number of rotatable bonds is 4. The maximum atomic E-state index is 13.4. The lowest BCUT2D eigenvalue weighted by atomic mass is 9.98. The highest BCUT2D eigenvalue weighted by molar-refractivity contribution is 7.85. The number of anilines is 1. The van der Waals surface area contributed by atoms with E-state index in [1.54, 1.807) is 5.06 Å². The van der Waals surface area contributed by atoms with E-state index in [-0.39, 0.29) is 5.97 Å². The highest BCUT2D eigenvalue weighted by Crippen LogP contribution is 2.30. The molecule has 1 aliphatic rings. The zero-order valence-corrected chi connectivity index (χ0v) is 18.7. The van der Waals surface area contributed by atoms with Crippen molar-refractivity contribution in [2.24, 2.45) is 5.41 Å². The first-order valence-corrected chi connectivity index (χ1v) is 11.1. The molecule has 3 rings (SSSR count). The van der Waals surface area contributed by atoms with Crippen LogP contribution in [0.15, 0.2) is 52.3 Å². The van der Waals surface area contributed by atoms with Crippen LogP contribution in [0.1, 0.15) is 31.9 Å². The van der Waals surface area contributed by atoms with Crippen molar-refractivity contribution >= 4 is 22.5 Å². The predicted molar refractivity (Wildman–Crippen MR) is 116 cm³/mol. The van der Waals surface area contributed by atoms with Gasteiger partial charge in [-0.05, 0) is 58.4 Å². The Balaban J connectivity index is 1.75. The summed E-state index contributed by atoms with van der Waals surface area (Å²) in [6.45, 7) is 12.2. The minimum atomic E-state index is -1.25. The second-order valence-electron chi connectivity index (χ2n) is 8.55. The average molecular weight is 415 g/mol. The van der Waals surface area contributed by atoms with Gasteiger partial charge in [0.15, 0.2) is 0 Å². The Bertz CT molecular complexity index is 913. The van der Waals surface area contributed by atoms with E-state index >= 15 is 0 Å². The van der Waals surface area contributed by atoms with Crippen LogP contribution < -0.4 is 4.90 Å². The zero-order chi connectivity index (χ0) is 21.2. The minimum Gasteiger partial charge on any atom is -0.368 e. The fraction of sp³-hybridized carbons (Fsp3) is 0.435. The molecule has 29 heavy (non-hydrogen) atoms. The van der Waals surface area contributed by atoms with Crippen molar-refractivity contribution in [3.63, 3.8) is 0 Å². The average Bonchev–Trinajstić information content (AvgIpc) is 2.67. The molecule has 0 amide bonds. The molecular weight excluding hydrogens is 384 g/mol. The van der Waals surface area contributed by atoms with Gasteiger partial charge in [-0.15, -0.1) is 5.06 Å². The number of hydroxylamine groups is 2. The lowest BCUT2D eigenvalue weighted by Crippen LogP contribution is -2.48. The molecule has 0 aliphatic carbocycles. The van der Waals surface area contributed by atoms with E-state index in [1.165, 1.54) is 0 Å². The first-order chi connectivity index (χ1) is 13.7. The Labute approximate surface area is 176 Å². The molecule has 1 saturated heterocycles. The Morgan fingerprint density at radius 3 is 2.24 bits per heavy atom. The molecule has 0 aromatic heterocycles. The van der Waals surface area contributed by atoms with Crippen LogP contribution in [-0.2, 0) is 20.4 Å². The number of piperazine rings is 1. The molecule has 2 aromatic rings. The quantitative estimate of drug-likeness (QED) is 0.754. The summed E-state index contributed by atoms with van der Waals surface area (Å²) in [5, 5.41) is 1.73. The third-order valence-electron chi connectivity index (χ3n) is 5.00. The van der Waals surface area contributed by atoms with Crippen LogP contribution in [0.5, 0.6) is 0 Å². The predicted octanol–water partition coefficient (Wildman–Crippen LogP) is 4.10. The molecular formula is C23H30N2O3S. The van der Waals surface area contributed by atoms with Crippen molar-refractivity contribution in [1.29, 1.82) is 0 Å². The van der Waals surface area contributed by atoms with Crippen LogP contribution >= 0.6 is 0 Å². The van der Waals surface area contributed by atoms with Crippen LogP contribution in [0.4, 0.5) is 5.69 Å². The Hall–Kier alpha value is -2.18. The van der Waals surface area contributed by atoms with Gasteiger partial charge in [0.1, 0.15) is 0 Å². The highest BCUT2D eigenvalue weighted by atomic mass is 32.2. The van der Waals surface area contributed by atoms with Crippen molar-refractivity contribution in [3.8, 4) is 0 Å². The number of nitrogens with zero attached hydrogens (tertiary/aromatic N) is 2. The van der Waals surface area contributed by atoms with E-state index in [0.29, 0.717) is 26.2 Å². The number of carbonyl (C=O) groups is 1. The smallest absolute Gasteiger partial charge is 0.330 e. The lowest BCUT2D eigenvalue weighted by Gasteiger charge is -2.36. The summed E-state index contributed by atoms with van der Waals surface area (Å²) in [7, 11) is -1.25. The molecule has 6 heteroatoms. The summed E-state index contributed by atoms with van der Waals surface area (Å²) in [6.07, 6.45) is 0. The van der Waals surface area contributed by atoms with E-state index < -0.39 is 16.2 Å². The van der Waals surface area contributed by atoms with Crippen LogP contribution in [-0.4, -0.2) is 41.4 Å². The van der Waals surface area contributed by atoms with E-state index in [9.17, 15) is 9.00 Å². The number of hydrogen-bond donors (Lipinski definition) is 0. The normalized spacial score (nSPS) is 16.5. The molecule has 1 unspecified atom stereocenters. The third-order valence-corrected chi connectivity index (χ3v) is 6.60. The molecule has 0 saturated carbocycles. The number of hydrogen-bond acceptors (Lipinski definition) is 5. The number of aryl methyl sites for hydroxylation is 2. The standard InChI is InChI=1S/C23H30N2O3S/c1-17-10-11-20(18(2)16-17)29(27)21-9-7-6-8-19(21)24-12-14-25(15-13-24)28-22(26)23(3,4)5/h6-11,16H,12-15H2,1-5H3. The Morgan fingerprint density at radius 1 is 0.966 bits per heavy atom. The largest absolute Gasteiger partial charge is 0.368 e. The van der Waals surface area contributed by atoms with Gasteiger partial charge in [0.2, 0.25) is 0 Å². The fourth-order valence-electron chi connectivity index (χ4n) is 3.28. The molecule has 1 heterocycles. The Kier molecular flexibility index (Phi) is 6.44. The van der Waals surface area contributed by atoms with Crippen LogP contribution in [0.2, 0.25) is 0 Å². The van der Waals surface area contributed by atoms with Crippen molar-refractivity contribution < 1.29 is 13.8 Å². The lowest BCUT2D eigenvalue weighted by molar-refractivity contribution is -0.201. The molecule has 0 bridgehead atoms. The minimum absolute atomic E-state index is 0.220. The number of carbonyl (C=O) groups excluding carboxylic acids is 1. The van der Waals surface area contributed by atoms with Gasteiger partial charge < -0.3 is 9.74 Å². The monoisotopic (exact) mass is 414 g/mol. The number of benzene rings is 2. The second kappa shape index (κ2) is 8.67. The van der Waals surface area contributed by atoms with Gasteiger partial charge >= 0.3 is 5.97 Å². The SMILES string of the molecule is Cc1ccc(S(=O)c2ccccc2N2CCN(OC(=O)C(C)(C)C)CC2)c(C)c1. The summed E-state index contributed by atoms with van der Waals surface area (Å²) in [6, 6.07) is 13.9. The molecule has 1 atom stereocenters. The molecule has 5 nitrogen and oxygen atoms in total. The van der Waals surface area contributed by atoms with Crippen LogP contribution in [0.25, 0.3) is 0 Å². The Morgan fingerprint density at radius 2 is 1.62 bits per heavy atom. The molecule has 0 N–H and O–H groups in total. The molecule has 0 radical (unpaired) electrons. The van der Waals surface area contributed by atoms with Gasteiger partial charge in [0.25, 0.3) is 0 Å². The van der Waals surface area contributed by atoms with Crippen LogP contribution in [0.3, 0.4) is 0 Å². The summed E-state index contributed by atoms with van der Waals surface area (Å²) in [5.74, 6) is -0.220. The van der Waals surface area contributed by atoms with Gasteiger partial charge in [-0.1, -0.05) is 29.8 Å². The van der Waals surface area contributed by atoms with Gasteiger partial charge in [-0.2, -0.15) is 0 Å². The zero-order valence-electron chi connectivity index (χ0n) is 17.9. The van der Waals surface area contributed by atoms with E-state index in [4.69, 9.17) is 4.84 Å². The molecule has 2 aromatic carbocycles. The molecule has 156 valence electrons. The first kappa shape index (κ1) is 21.5. The van der Waals surface area contributed by atoms with Gasteiger partial charge in [0, 0.05) is 18.0 Å². The van der Waals surface area contributed by atoms with Gasteiger partial charge in [-0.25, -0.2) is 9.00 Å². The second-order valence-corrected chi connectivity index (χ2v) is 9.97. The van der Waals surface area contributed by atoms with Crippen molar-refractivity contribution in [2.75, 3.05) is 31.1 Å². The maximum absolute atomic E-state index is 13.4. The van der Waals surface area contributed by atoms with E-state index in [0.717, 1.165) is 26.6 Å². The first-order valence-electron chi connectivity index (χ1n) is 9.97. The van der Waals surface area contributed by atoms with Crippen molar-refractivity contribution in [1.82, 2.24) is 5.06 Å². The summed E-state index contributed by atoms with van der Waals surface area (Å²) >= 11 is 0. The number of para-hydroxylation sites is 1. The molecule has 1 fully saturated rings. The maximum Gasteiger partial charge on any atom is 0.330 e. The highest BCUT2D eigenvalue weighted by Gasteiger charge is 2.28. The molecule has 1 aliphatic heterocycles. The summed E-state index contributed by atoms with van der Waals surface area (Å²) < 4.78 is 13.4. The van der Waals surface area contributed by atoms with Gasteiger partial charge in [0.05, 0.1) is 39.9 Å². The summed E-state index contributed by atoms with van der Waals surface area (Å²) in [5.41, 5.74) is 2.66. The fourth-order valence-corrected chi connectivity index (χ4v) is 4.64. The van der Waals surface area contributed by atoms with Crippen molar-refractivity contribution in [3.05, 3.63) is 53.6 Å². The third kappa shape index (κ3) is 5.06. The van der Waals surface area contributed by atoms with Gasteiger partial charge in [-0.3, -0.25) is 0 Å².